The number of benzene rings is 2. The van der Waals surface area contributed by atoms with Gasteiger partial charge in [0.2, 0.25) is 14.9 Å². The van der Waals surface area contributed by atoms with Crippen LogP contribution in [0.3, 0.4) is 0 Å². The number of Topliss-reactive ketones (excluding diaryl/α,β-unsaturated/α-hetero) is 1. The van der Waals surface area contributed by atoms with Crippen molar-refractivity contribution in [3.63, 3.8) is 0 Å². The molecule has 0 fully saturated rings. The lowest BCUT2D eigenvalue weighted by molar-refractivity contribution is -0.126. The van der Waals surface area contributed by atoms with E-state index in [4.69, 9.17) is 4.43 Å². The molecular weight excluding hydrogens is 502 g/mol. The molecule has 7 heteroatoms. The Morgan fingerprint density at radius 1 is 1.18 bits per heavy atom. The summed E-state index contributed by atoms with van der Waals surface area (Å²) in [7, 11) is 1.07. The molecule has 205 valence electrons. The highest BCUT2D eigenvalue weighted by Gasteiger charge is 2.47. The lowest BCUT2D eigenvalue weighted by Gasteiger charge is -2.30. The Balaban J connectivity index is 1.51. The summed E-state index contributed by atoms with van der Waals surface area (Å²) in [4.78, 5) is 31.2. The van der Waals surface area contributed by atoms with Gasteiger partial charge >= 0.3 is 0 Å². The van der Waals surface area contributed by atoms with Crippen molar-refractivity contribution in [1.29, 1.82) is 5.26 Å². The number of carbonyl (C=O) groups is 2. The second-order valence-corrected chi connectivity index (χ2v) is 13.6. The fraction of sp³-hybridized carbons (Fsp3) is 0.469. The number of hydrogen-bond acceptors (Lipinski definition) is 5. The molecule has 2 heterocycles. The maximum atomic E-state index is 13.9. The van der Waals surface area contributed by atoms with Gasteiger partial charge < -0.3 is 9.33 Å². The Morgan fingerprint density at radius 3 is 2.69 bits per heavy atom. The van der Waals surface area contributed by atoms with Gasteiger partial charge in [0.1, 0.15) is 0 Å². The van der Waals surface area contributed by atoms with Crippen molar-refractivity contribution in [2.24, 2.45) is 0 Å². The summed E-state index contributed by atoms with van der Waals surface area (Å²) in [6.07, 6.45) is 4.77. The topological polar surface area (TPSA) is 73.6 Å². The van der Waals surface area contributed by atoms with Crippen LogP contribution in [0.1, 0.15) is 62.3 Å². The standard InChI is InChI=1S/C32H40N3O3Si/c1-5-39(6-2)38-18-10-9-11-26(22-35-17-16-25-15-14-24(21-33)19-27(25)23-35)30(36)20-32(3)28-12-7-8-13-29(28)34(4)31(32)37/h7-8,11-15,19H,5-6,9-10,16-18,20,22-23H2,1-4H3/b26-11-. The molecule has 0 aliphatic carbocycles. The smallest absolute Gasteiger partial charge is 0.237 e. The van der Waals surface area contributed by atoms with Crippen LogP contribution in [-0.4, -0.2) is 52.4 Å². The van der Waals surface area contributed by atoms with Gasteiger partial charge in [-0.1, -0.05) is 44.2 Å². The third kappa shape index (κ3) is 6.41. The van der Waals surface area contributed by atoms with Gasteiger partial charge in [0.15, 0.2) is 5.78 Å². The van der Waals surface area contributed by atoms with E-state index in [1.165, 1.54) is 5.56 Å². The number of allylic oxidation sites excluding steroid dienone is 1. The molecule has 2 aliphatic rings. The fourth-order valence-corrected chi connectivity index (χ4v) is 7.13. The van der Waals surface area contributed by atoms with Gasteiger partial charge in [-0.2, -0.15) is 5.26 Å². The number of carbonyl (C=O) groups excluding carboxylic acids is 2. The monoisotopic (exact) mass is 542 g/mol. The van der Waals surface area contributed by atoms with Gasteiger partial charge in [-0.25, -0.2) is 0 Å². The summed E-state index contributed by atoms with van der Waals surface area (Å²) >= 11 is 0. The third-order valence-electron chi connectivity index (χ3n) is 8.16. The summed E-state index contributed by atoms with van der Waals surface area (Å²) in [5.41, 5.74) is 4.79. The highest BCUT2D eigenvalue weighted by atomic mass is 28.3. The summed E-state index contributed by atoms with van der Waals surface area (Å²) in [6, 6.07) is 18.1. The highest BCUT2D eigenvalue weighted by molar-refractivity contribution is 6.51. The zero-order valence-corrected chi connectivity index (χ0v) is 24.8. The number of anilines is 1. The van der Waals surface area contributed by atoms with Crippen molar-refractivity contribution in [3.8, 4) is 6.07 Å². The van der Waals surface area contributed by atoms with Crippen LogP contribution in [0.5, 0.6) is 0 Å². The van der Waals surface area contributed by atoms with Crippen LogP contribution < -0.4 is 4.90 Å². The van der Waals surface area contributed by atoms with E-state index >= 15 is 0 Å². The maximum Gasteiger partial charge on any atom is 0.237 e. The Kier molecular flexibility index (Phi) is 9.55. The molecule has 1 unspecified atom stereocenters. The molecule has 2 aliphatic heterocycles. The normalized spacial score (nSPS) is 19.2. The van der Waals surface area contributed by atoms with E-state index in [-0.39, 0.29) is 18.1 Å². The Bertz CT molecular complexity index is 1280. The minimum atomic E-state index is -0.875. The first-order valence-electron chi connectivity index (χ1n) is 14.1. The number of unbranched alkanes of at least 4 members (excludes halogenated alkanes) is 1. The van der Waals surface area contributed by atoms with Crippen LogP contribution >= 0.6 is 0 Å². The molecule has 2 aromatic carbocycles. The molecule has 39 heavy (non-hydrogen) atoms. The second kappa shape index (κ2) is 12.9. The van der Waals surface area contributed by atoms with Crippen molar-refractivity contribution in [3.05, 3.63) is 76.4 Å². The van der Waals surface area contributed by atoms with Crippen molar-refractivity contribution in [2.45, 2.75) is 70.5 Å². The summed E-state index contributed by atoms with van der Waals surface area (Å²) in [6.45, 7) is 9.09. The van der Waals surface area contributed by atoms with Gasteiger partial charge in [0, 0.05) is 51.0 Å². The molecule has 0 bridgehead atoms. The SMILES string of the molecule is CC[Si](CC)OCCC/C=C(/CN1CCc2ccc(C#N)cc2C1)C(=O)CC1(C)C(=O)N(C)c2ccccc21. The molecule has 2 aromatic rings. The number of hydrogen-bond donors (Lipinski definition) is 0. The third-order valence-corrected chi connectivity index (χ3v) is 10.4. The highest BCUT2D eigenvalue weighted by Crippen LogP contribution is 2.43. The van der Waals surface area contributed by atoms with Crippen LogP contribution in [0.25, 0.3) is 0 Å². The zero-order valence-electron chi connectivity index (χ0n) is 23.8. The molecule has 1 atom stereocenters. The first-order valence-corrected chi connectivity index (χ1v) is 15.9. The predicted octanol–water partition coefficient (Wildman–Crippen LogP) is 5.56. The summed E-state index contributed by atoms with van der Waals surface area (Å²) < 4.78 is 6.08. The molecular formula is C32H40N3O3Si. The first-order chi connectivity index (χ1) is 18.8. The van der Waals surface area contributed by atoms with E-state index in [9.17, 15) is 14.9 Å². The van der Waals surface area contributed by atoms with E-state index in [2.05, 4.69) is 37.0 Å². The molecule has 1 amide bonds. The van der Waals surface area contributed by atoms with E-state index in [0.717, 1.165) is 66.9 Å². The lowest BCUT2D eigenvalue weighted by Crippen LogP contribution is -2.39. The number of fused-ring (bicyclic) bond motifs is 2. The van der Waals surface area contributed by atoms with Gasteiger partial charge in [-0.3, -0.25) is 14.5 Å². The Morgan fingerprint density at radius 2 is 1.95 bits per heavy atom. The van der Waals surface area contributed by atoms with Crippen LogP contribution in [0.15, 0.2) is 54.1 Å². The molecule has 0 aromatic heterocycles. The molecule has 0 N–H and O–H groups in total. The number of para-hydroxylation sites is 1. The van der Waals surface area contributed by atoms with Crippen LogP contribution in [-0.2, 0) is 32.4 Å². The Labute approximate surface area is 235 Å². The van der Waals surface area contributed by atoms with Crippen molar-refractivity contribution >= 4 is 26.4 Å². The van der Waals surface area contributed by atoms with Gasteiger partial charge in [0.25, 0.3) is 0 Å². The summed E-state index contributed by atoms with van der Waals surface area (Å²) in [5.74, 6) is -0.00476. The van der Waals surface area contributed by atoms with E-state index in [1.807, 2.05) is 43.3 Å². The number of ketones is 1. The molecule has 4 rings (SSSR count). The van der Waals surface area contributed by atoms with Crippen molar-refractivity contribution < 1.29 is 14.0 Å². The fourth-order valence-electron chi connectivity index (χ4n) is 5.79. The minimum absolute atomic E-state index is 0.0281. The van der Waals surface area contributed by atoms with Crippen LogP contribution in [0, 0.1) is 11.3 Å². The molecule has 1 radical (unpaired) electrons. The van der Waals surface area contributed by atoms with Crippen molar-refractivity contribution in [1.82, 2.24) is 4.90 Å². The van der Waals surface area contributed by atoms with Crippen LogP contribution in [0.4, 0.5) is 5.69 Å². The zero-order chi connectivity index (χ0) is 28.0. The molecule has 0 saturated carbocycles. The summed E-state index contributed by atoms with van der Waals surface area (Å²) in [5, 5.41) is 9.34. The first kappa shape index (κ1) is 28.9. The average molecular weight is 543 g/mol. The average Bonchev–Trinajstić information content (AvgIpc) is 3.14. The molecule has 0 spiro atoms. The number of nitriles is 1. The lowest BCUT2D eigenvalue weighted by atomic mass is 9.78. The van der Waals surface area contributed by atoms with Gasteiger partial charge in [-0.15, -0.1) is 0 Å². The largest absolute Gasteiger partial charge is 0.417 e. The quantitative estimate of drug-likeness (QED) is 0.199. The number of nitrogens with zero attached hydrogens (tertiary/aromatic N) is 3. The van der Waals surface area contributed by atoms with E-state index < -0.39 is 14.5 Å². The van der Waals surface area contributed by atoms with Crippen molar-refractivity contribution in [2.75, 3.05) is 31.6 Å². The number of rotatable bonds is 12. The molecule has 6 nitrogen and oxygen atoms in total. The van der Waals surface area contributed by atoms with E-state index in [0.29, 0.717) is 18.7 Å². The van der Waals surface area contributed by atoms with Crippen LogP contribution in [0.2, 0.25) is 12.1 Å². The number of amides is 1. The number of likely N-dealkylation sites (N-methyl/N-ethyl adjacent to an activating group) is 1. The predicted molar refractivity (Wildman–Crippen MR) is 157 cm³/mol. The van der Waals surface area contributed by atoms with Gasteiger partial charge in [0.05, 0.1) is 17.0 Å². The minimum Gasteiger partial charge on any atom is -0.417 e. The second-order valence-electron chi connectivity index (χ2n) is 10.8. The Hall–Kier alpha value is -3.05. The van der Waals surface area contributed by atoms with Gasteiger partial charge in [-0.05, 0) is 73.2 Å². The maximum absolute atomic E-state index is 13.9. The molecule has 0 saturated heterocycles. The van der Waals surface area contributed by atoms with E-state index in [1.54, 1.807) is 11.9 Å².